The summed E-state index contributed by atoms with van der Waals surface area (Å²) in [5.74, 6) is -0.170. The average molecular weight is 388 g/mol. The number of ether oxygens (including phenoxy) is 1. The molecule has 1 aliphatic rings. The summed E-state index contributed by atoms with van der Waals surface area (Å²) < 4.78 is 5.22. The summed E-state index contributed by atoms with van der Waals surface area (Å²) in [5, 5.41) is 2.68. The van der Waals surface area contributed by atoms with Crippen molar-refractivity contribution in [2.45, 2.75) is 18.8 Å². The van der Waals surface area contributed by atoms with Crippen molar-refractivity contribution in [1.29, 1.82) is 0 Å². The Labute approximate surface area is 167 Å². The number of nitrogens with one attached hydrogen (secondary N) is 2. The Bertz CT molecular complexity index is 1140. The highest BCUT2D eigenvalue weighted by Crippen LogP contribution is 2.31. The van der Waals surface area contributed by atoms with Gasteiger partial charge in [-0.25, -0.2) is 0 Å². The highest BCUT2D eigenvalue weighted by Gasteiger charge is 2.28. The van der Waals surface area contributed by atoms with Gasteiger partial charge in [-0.15, -0.1) is 0 Å². The highest BCUT2D eigenvalue weighted by molar-refractivity contribution is 6.07. The van der Waals surface area contributed by atoms with Gasteiger partial charge in [0.15, 0.2) is 5.78 Å². The molecule has 0 unspecified atom stereocenters. The molecular formula is C23H20N2O4. The monoisotopic (exact) mass is 388 g/mol. The van der Waals surface area contributed by atoms with Gasteiger partial charge in [-0.05, 0) is 36.1 Å². The van der Waals surface area contributed by atoms with Crippen molar-refractivity contribution in [2.75, 3.05) is 12.4 Å². The Morgan fingerprint density at radius 1 is 1.03 bits per heavy atom. The third-order valence-corrected chi connectivity index (χ3v) is 5.18. The van der Waals surface area contributed by atoms with Gasteiger partial charge in [0.1, 0.15) is 11.3 Å². The minimum absolute atomic E-state index is 0.0140. The van der Waals surface area contributed by atoms with Crippen molar-refractivity contribution in [3.05, 3.63) is 93.4 Å². The number of aromatic amines is 1. The standard InChI is InChI=1S/C23H20N2O4/c1-29-21-10-6-5-9-18(21)24-22(27)17-13-16-19(25-23(17)28)11-15(12-20(16)26)14-7-3-2-4-8-14/h2-10,13,15H,11-12H2,1H3,(H,24,27)(H,25,28)/t15-/m0/s1. The number of carbonyl (C=O) groups is 2. The van der Waals surface area contributed by atoms with Crippen molar-refractivity contribution in [2.24, 2.45) is 0 Å². The van der Waals surface area contributed by atoms with Gasteiger partial charge in [-0.1, -0.05) is 42.5 Å². The smallest absolute Gasteiger partial charge is 0.261 e. The molecule has 6 nitrogen and oxygen atoms in total. The van der Waals surface area contributed by atoms with Crippen LogP contribution < -0.4 is 15.6 Å². The van der Waals surface area contributed by atoms with Crippen LogP contribution in [0.2, 0.25) is 0 Å². The SMILES string of the molecule is COc1ccccc1NC(=O)c1cc2c([nH]c1=O)C[C@H](c1ccccc1)CC2=O. The lowest BCUT2D eigenvalue weighted by atomic mass is 9.81. The van der Waals surface area contributed by atoms with E-state index in [1.165, 1.54) is 13.2 Å². The van der Waals surface area contributed by atoms with E-state index in [1.54, 1.807) is 24.3 Å². The second kappa shape index (κ2) is 7.75. The van der Waals surface area contributed by atoms with Crippen molar-refractivity contribution >= 4 is 17.4 Å². The molecular weight excluding hydrogens is 368 g/mol. The van der Waals surface area contributed by atoms with Crippen molar-refractivity contribution in [1.82, 2.24) is 4.98 Å². The van der Waals surface area contributed by atoms with Gasteiger partial charge >= 0.3 is 0 Å². The molecule has 1 amide bonds. The van der Waals surface area contributed by atoms with Crippen molar-refractivity contribution < 1.29 is 14.3 Å². The Morgan fingerprint density at radius 3 is 2.52 bits per heavy atom. The molecule has 6 heteroatoms. The number of benzene rings is 2. The molecule has 0 aliphatic heterocycles. The minimum Gasteiger partial charge on any atom is -0.495 e. The molecule has 2 aromatic carbocycles. The lowest BCUT2D eigenvalue weighted by Gasteiger charge is -2.24. The highest BCUT2D eigenvalue weighted by atomic mass is 16.5. The van der Waals surface area contributed by atoms with E-state index in [9.17, 15) is 14.4 Å². The molecule has 0 bridgehead atoms. The van der Waals surface area contributed by atoms with Gasteiger partial charge in [0, 0.05) is 17.7 Å². The van der Waals surface area contributed by atoms with Gasteiger partial charge in [-0.3, -0.25) is 14.4 Å². The minimum atomic E-state index is -0.587. The van der Waals surface area contributed by atoms with Crippen LogP contribution >= 0.6 is 0 Å². The van der Waals surface area contributed by atoms with Gasteiger partial charge < -0.3 is 15.0 Å². The summed E-state index contributed by atoms with van der Waals surface area (Å²) in [6.45, 7) is 0. The third-order valence-electron chi connectivity index (χ3n) is 5.18. The molecule has 146 valence electrons. The first-order valence-corrected chi connectivity index (χ1v) is 9.35. The van der Waals surface area contributed by atoms with E-state index in [1.807, 2.05) is 30.3 Å². The number of hydrogen-bond donors (Lipinski definition) is 2. The van der Waals surface area contributed by atoms with Gasteiger partial charge in [0.05, 0.1) is 12.8 Å². The number of H-pyrrole nitrogens is 1. The first-order chi connectivity index (χ1) is 14.1. The number of anilines is 1. The molecule has 1 atom stereocenters. The van der Waals surface area contributed by atoms with Gasteiger partial charge in [0.25, 0.3) is 11.5 Å². The lowest BCUT2D eigenvalue weighted by Crippen LogP contribution is -2.29. The van der Waals surface area contributed by atoms with Crippen LogP contribution in [0.5, 0.6) is 5.75 Å². The molecule has 4 rings (SSSR count). The fourth-order valence-electron chi connectivity index (χ4n) is 3.70. The molecule has 0 saturated heterocycles. The molecule has 3 aromatic rings. The Balaban J connectivity index is 1.63. The average Bonchev–Trinajstić information content (AvgIpc) is 2.74. The maximum absolute atomic E-state index is 12.7. The molecule has 29 heavy (non-hydrogen) atoms. The maximum Gasteiger partial charge on any atom is 0.261 e. The number of rotatable bonds is 4. The van der Waals surface area contributed by atoms with E-state index in [0.717, 1.165) is 5.56 Å². The van der Waals surface area contributed by atoms with Gasteiger partial charge in [-0.2, -0.15) is 0 Å². The number of ketones is 1. The fourth-order valence-corrected chi connectivity index (χ4v) is 3.70. The number of pyridine rings is 1. The second-order valence-electron chi connectivity index (χ2n) is 7.00. The van der Waals surface area contributed by atoms with Crippen LogP contribution in [-0.4, -0.2) is 23.8 Å². The van der Waals surface area contributed by atoms with E-state index < -0.39 is 11.5 Å². The van der Waals surface area contributed by atoms with E-state index in [0.29, 0.717) is 35.5 Å². The first kappa shape index (κ1) is 18.7. The van der Waals surface area contributed by atoms with E-state index in [2.05, 4.69) is 10.3 Å². The van der Waals surface area contributed by atoms with Crippen LogP contribution in [-0.2, 0) is 6.42 Å². The number of amides is 1. The van der Waals surface area contributed by atoms with Crippen LogP contribution in [0.1, 0.15) is 44.3 Å². The van der Waals surface area contributed by atoms with Crippen LogP contribution in [0.25, 0.3) is 0 Å². The summed E-state index contributed by atoms with van der Waals surface area (Å²) in [6.07, 6.45) is 0.894. The van der Waals surface area contributed by atoms with Gasteiger partial charge in [0.2, 0.25) is 0 Å². The zero-order valence-corrected chi connectivity index (χ0v) is 15.9. The summed E-state index contributed by atoms with van der Waals surface area (Å²) in [6, 6.07) is 18.1. The summed E-state index contributed by atoms with van der Waals surface area (Å²) in [4.78, 5) is 40.7. The molecule has 0 spiro atoms. The normalized spacial score (nSPS) is 15.5. The quantitative estimate of drug-likeness (QED) is 0.715. The second-order valence-corrected chi connectivity index (χ2v) is 7.00. The molecule has 0 fully saturated rings. The van der Waals surface area contributed by atoms with Crippen LogP contribution in [0.15, 0.2) is 65.5 Å². The molecule has 0 saturated carbocycles. The number of para-hydroxylation sites is 2. The zero-order valence-electron chi connectivity index (χ0n) is 15.9. The number of Topliss-reactive ketones (excluding diaryl/α,β-unsaturated/α-hetero) is 1. The fraction of sp³-hybridized carbons (Fsp3) is 0.174. The van der Waals surface area contributed by atoms with E-state index in [-0.39, 0.29) is 17.3 Å². The Kier molecular flexibility index (Phi) is 4.99. The first-order valence-electron chi connectivity index (χ1n) is 9.35. The number of fused-ring (bicyclic) bond motifs is 1. The van der Waals surface area contributed by atoms with Crippen molar-refractivity contribution in [3.63, 3.8) is 0 Å². The predicted molar refractivity (Wildman–Crippen MR) is 110 cm³/mol. The van der Waals surface area contributed by atoms with Crippen LogP contribution in [0.4, 0.5) is 5.69 Å². The zero-order chi connectivity index (χ0) is 20.4. The Morgan fingerprint density at radius 2 is 1.76 bits per heavy atom. The Hall–Kier alpha value is -3.67. The largest absolute Gasteiger partial charge is 0.495 e. The van der Waals surface area contributed by atoms with Crippen LogP contribution in [0, 0.1) is 0 Å². The number of carbonyl (C=O) groups excluding carboxylic acids is 2. The summed E-state index contributed by atoms with van der Waals surface area (Å²) in [7, 11) is 1.50. The molecule has 0 radical (unpaired) electrons. The summed E-state index contributed by atoms with van der Waals surface area (Å²) >= 11 is 0. The molecule has 1 aliphatic carbocycles. The number of hydrogen-bond acceptors (Lipinski definition) is 4. The van der Waals surface area contributed by atoms with Crippen LogP contribution in [0.3, 0.4) is 0 Å². The lowest BCUT2D eigenvalue weighted by molar-refractivity contribution is 0.0963. The number of methoxy groups -OCH3 is 1. The predicted octanol–water partition coefficient (Wildman–Crippen LogP) is 3.55. The van der Waals surface area contributed by atoms with Crippen molar-refractivity contribution in [3.8, 4) is 5.75 Å². The molecule has 2 N–H and O–H groups in total. The topological polar surface area (TPSA) is 88.3 Å². The maximum atomic E-state index is 12.7. The number of aromatic nitrogens is 1. The van der Waals surface area contributed by atoms with E-state index >= 15 is 0 Å². The molecule has 1 aromatic heterocycles. The third kappa shape index (κ3) is 3.69. The molecule has 1 heterocycles. The van der Waals surface area contributed by atoms with E-state index in [4.69, 9.17) is 4.74 Å². The summed E-state index contributed by atoms with van der Waals surface area (Å²) in [5.41, 5.74) is 1.88.